The van der Waals surface area contributed by atoms with E-state index in [2.05, 4.69) is 5.48 Å². The first-order valence-electron chi connectivity index (χ1n) is 3.97. The molecule has 1 aliphatic rings. The highest BCUT2D eigenvalue weighted by Crippen LogP contribution is 2.23. The molecular formula is C9H11NO2. The minimum Gasteiger partial charge on any atom is -0.375 e. The Morgan fingerprint density at radius 2 is 2.25 bits per heavy atom. The standard InChI is InChI=1S/C9H11NO2/c11-10-9-6-12-5-7-3-1-2-4-8(7)9/h1-4,9-11H,5-6H2. The van der Waals surface area contributed by atoms with Crippen LogP contribution in [0.3, 0.4) is 0 Å². The molecule has 0 amide bonds. The summed E-state index contributed by atoms with van der Waals surface area (Å²) in [5.74, 6) is 0. The number of ether oxygens (including phenoxy) is 1. The van der Waals surface area contributed by atoms with Crippen LogP contribution in [0.25, 0.3) is 0 Å². The molecule has 64 valence electrons. The van der Waals surface area contributed by atoms with Gasteiger partial charge in [-0.05, 0) is 11.1 Å². The lowest BCUT2D eigenvalue weighted by atomic mass is 10.00. The monoisotopic (exact) mass is 165 g/mol. The van der Waals surface area contributed by atoms with Crippen molar-refractivity contribution in [2.75, 3.05) is 6.61 Å². The van der Waals surface area contributed by atoms with Crippen LogP contribution >= 0.6 is 0 Å². The Labute approximate surface area is 70.9 Å². The van der Waals surface area contributed by atoms with Crippen LogP contribution in [0.15, 0.2) is 24.3 Å². The Morgan fingerprint density at radius 3 is 3.08 bits per heavy atom. The third-order valence-electron chi connectivity index (χ3n) is 2.13. The van der Waals surface area contributed by atoms with Crippen molar-refractivity contribution in [2.45, 2.75) is 12.6 Å². The fourth-order valence-electron chi connectivity index (χ4n) is 1.49. The Kier molecular flexibility index (Phi) is 2.08. The van der Waals surface area contributed by atoms with Gasteiger partial charge in [0.1, 0.15) is 0 Å². The Hall–Kier alpha value is -0.900. The fraction of sp³-hybridized carbons (Fsp3) is 0.333. The average Bonchev–Trinajstić information content (AvgIpc) is 2.17. The summed E-state index contributed by atoms with van der Waals surface area (Å²) in [5, 5.41) is 8.81. The molecule has 3 heteroatoms. The Morgan fingerprint density at radius 1 is 1.42 bits per heavy atom. The molecule has 0 radical (unpaired) electrons. The van der Waals surface area contributed by atoms with Crippen molar-refractivity contribution in [3.63, 3.8) is 0 Å². The molecule has 1 aromatic rings. The van der Waals surface area contributed by atoms with E-state index in [0.29, 0.717) is 13.2 Å². The third kappa shape index (κ3) is 1.22. The van der Waals surface area contributed by atoms with Crippen LogP contribution in [0.1, 0.15) is 17.2 Å². The minimum absolute atomic E-state index is 0.0741. The number of hydrogen-bond acceptors (Lipinski definition) is 3. The number of nitrogens with one attached hydrogen (secondary N) is 1. The number of rotatable bonds is 1. The lowest BCUT2D eigenvalue weighted by Gasteiger charge is -2.23. The normalized spacial score (nSPS) is 21.9. The zero-order chi connectivity index (χ0) is 8.39. The van der Waals surface area contributed by atoms with Gasteiger partial charge in [0.15, 0.2) is 0 Å². The summed E-state index contributed by atoms with van der Waals surface area (Å²) in [4.78, 5) is 0. The van der Waals surface area contributed by atoms with E-state index in [1.54, 1.807) is 0 Å². The molecule has 1 atom stereocenters. The number of hydrogen-bond donors (Lipinski definition) is 2. The van der Waals surface area contributed by atoms with Gasteiger partial charge in [0.2, 0.25) is 0 Å². The number of fused-ring (bicyclic) bond motifs is 1. The van der Waals surface area contributed by atoms with E-state index in [-0.39, 0.29) is 6.04 Å². The minimum atomic E-state index is -0.0741. The maximum absolute atomic E-state index is 8.81. The molecule has 2 N–H and O–H groups in total. The van der Waals surface area contributed by atoms with Crippen LogP contribution in [0.2, 0.25) is 0 Å². The topological polar surface area (TPSA) is 41.5 Å². The predicted octanol–water partition coefficient (Wildman–Crippen LogP) is 1.24. The first kappa shape index (κ1) is 7.73. The van der Waals surface area contributed by atoms with Crippen LogP contribution in [0.5, 0.6) is 0 Å². The van der Waals surface area contributed by atoms with Crippen molar-refractivity contribution in [3.8, 4) is 0 Å². The van der Waals surface area contributed by atoms with Gasteiger partial charge in [0.25, 0.3) is 0 Å². The van der Waals surface area contributed by atoms with Gasteiger partial charge in [0, 0.05) is 0 Å². The maximum atomic E-state index is 8.81. The van der Waals surface area contributed by atoms with Gasteiger partial charge in [-0.2, -0.15) is 5.48 Å². The molecule has 0 fully saturated rings. The molecule has 0 aliphatic carbocycles. The van der Waals surface area contributed by atoms with E-state index in [1.165, 1.54) is 0 Å². The Bertz CT molecular complexity index is 275. The lowest BCUT2D eigenvalue weighted by molar-refractivity contribution is 0.0277. The van der Waals surface area contributed by atoms with Crippen LogP contribution < -0.4 is 5.48 Å². The Balaban J connectivity index is 2.37. The quantitative estimate of drug-likeness (QED) is 0.615. The van der Waals surface area contributed by atoms with Crippen LogP contribution in [-0.2, 0) is 11.3 Å². The molecular weight excluding hydrogens is 154 g/mol. The summed E-state index contributed by atoms with van der Waals surface area (Å²) in [6.07, 6.45) is 0. The summed E-state index contributed by atoms with van der Waals surface area (Å²) < 4.78 is 5.28. The van der Waals surface area contributed by atoms with Gasteiger partial charge in [-0.1, -0.05) is 24.3 Å². The van der Waals surface area contributed by atoms with Gasteiger partial charge < -0.3 is 9.94 Å². The van der Waals surface area contributed by atoms with Gasteiger partial charge >= 0.3 is 0 Å². The first-order valence-corrected chi connectivity index (χ1v) is 3.97. The molecule has 1 aromatic carbocycles. The van der Waals surface area contributed by atoms with Gasteiger partial charge in [-0.3, -0.25) is 0 Å². The molecule has 1 aliphatic heterocycles. The zero-order valence-electron chi connectivity index (χ0n) is 6.66. The van der Waals surface area contributed by atoms with Gasteiger partial charge in [-0.15, -0.1) is 0 Å². The highest BCUT2D eigenvalue weighted by atomic mass is 16.5. The SMILES string of the molecule is ONC1COCc2ccccc21. The second kappa shape index (κ2) is 3.23. The van der Waals surface area contributed by atoms with E-state index in [1.807, 2.05) is 24.3 Å². The third-order valence-corrected chi connectivity index (χ3v) is 2.13. The largest absolute Gasteiger partial charge is 0.375 e. The molecule has 3 nitrogen and oxygen atoms in total. The van der Waals surface area contributed by atoms with Crippen LogP contribution in [0.4, 0.5) is 0 Å². The molecule has 1 heterocycles. The van der Waals surface area contributed by atoms with Crippen molar-refractivity contribution in [2.24, 2.45) is 0 Å². The summed E-state index contributed by atoms with van der Waals surface area (Å²) in [5.41, 5.74) is 4.51. The molecule has 0 bridgehead atoms. The molecule has 2 rings (SSSR count). The molecule has 1 unspecified atom stereocenters. The second-order valence-corrected chi connectivity index (χ2v) is 2.90. The maximum Gasteiger partial charge on any atom is 0.0806 e. The van der Waals surface area contributed by atoms with Crippen LogP contribution in [0, 0.1) is 0 Å². The first-order chi connectivity index (χ1) is 5.92. The van der Waals surface area contributed by atoms with Gasteiger partial charge in [-0.25, -0.2) is 0 Å². The molecule has 0 saturated heterocycles. The highest BCUT2D eigenvalue weighted by Gasteiger charge is 2.18. The zero-order valence-corrected chi connectivity index (χ0v) is 6.66. The van der Waals surface area contributed by atoms with Crippen molar-refractivity contribution in [1.82, 2.24) is 5.48 Å². The van der Waals surface area contributed by atoms with Crippen molar-refractivity contribution in [3.05, 3.63) is 35.4 Å². The summed E-state index contributed by atoms with van der Waals surface area (Å²) in [6, 6.07) is 7.89. The fourth-order valence-corrected chi connectivity index (χ4v) is 1.49. The van der Waals surface area contributed by atoms with Crippen molar-refractivity contribution < 1.29 is 9.94 Å². The average molecular weight is 165 g/mol. The highest BCUT2D eigenvalue weighted by molar-refractivity contribution is 5.30. The summed E-state index contributed by atoms with van der Waals surface area (Å²) >= 11 is 0. The number of benzene rings is 1. The second-order valence-electron chi connectivity index (χ2n) is 2.90. The lowest BCUT2D eigenvalue weighted by Crippen LogP contribution is -2.27. The van der Waals surface area contributed by atoms with E-state index >= 15 is 0 Å². The summed E-state index contributed by atoms with van der Waals surface area (Å²) in [6.45, 7) is 1.18. The van der Waals surface area contributed by atoms with Crippen molar-refractivity contribution >= 4 is 0 Å². The molecule has 12 heavy (non-hydrogen) atoms. The molecule has 0 aromatic heterocycles. The van der Waals surface area contributed by atoms with Crippen molar-refractivity contribution in [1.29, 1.82) is 0 Å². The molecule has 0 spiro atoms. The van der Waals surface area contributed by atoms with E-state index < -0.39 is 0 Å². The van der Waals surface area contributed by atoms with Crippen LogP contribution in [-0.4, -0.2) is 11.8 Å². The van der Waals surface area contributed by atoms with E-state index in [9.17, 15) is 0 Å². The van der Waals surface area contributed by atoms with E-state index in [4.69, 9.17) is 9.94 Å². The predicted molar refractivity (Wildman–Crippen MR) is 43.8 cm³/mol. The smallest absolute Gasteiger partial charge is 0.0806 e. The van der Waals surface area contributed by atoms with Gasteiger partial charge in [0.05, 0.1) is 19.3 Å². The molecule has 0 saturated carbocycles. The summed E-state index contributed by atoms with van der Waals surface area (Å²) in [7, 11) is 0. The number of hydroxylamine groups is 1. The van der Waals surface area contributed by atoms with E-state index in [0.717, 1.165) is 11.1 Å².